The molecule has 0 unspecified atom stereocenters. The monoisotopic (exact) mass is 316 g/mol. The van der Waals surface area contributed by atoms with Crippen LogP contribution in [0.2, 0.25) is 0 Å². The third-order valence-corrected chi connectivity index (χ3v) is 4.03. The van der Waals surface area contributed by atoms with E-state index in [0.29, 0.717) is 11.6 Å². The molecule has 0 spiro atoms. The van der Waals surface area contributed by atoms with Crippen molar-refractivity contribution in [3.63, 3.8) is 0 Å². The van der Waals surface area contributed by atoms with E-state index in [4.69, 9.17) is 5.73 Å². The van der Waals surface area contributed by atoms with Crippen LogP contribution >= 0.6 is 0 Å². The van der Waals surface area contributed by atoms with Crippen LogP contribution in [0.5, 0.6) is 0 Å². The van der Waals surface area contributed by atoms with Crippen LogP contribution in [-0.4, -0.2) is 8.42 Å². The number of halogens is 3. The van der Waals surface area contributed by atoms with E-state index < -0.39 is 32.4 Å². The molecule has 0 aliphatic carbocycles. The van der Waals surface area contributed by atoms with Gasteiger partial charge in [-0.25, -0.2) is 21.6 Å². The van der Waals surface area contributed by atoms with Gasteiger partial charge in [-0.3, -0.25) is 4.72 Å². The average molecular weight is 316 g/mol. The Labute approximate surface area is 119 Å². The molecule has 21 heavy (non-hydrogen) atoms. The van der Waals surface area contributed by atoms with E-state index in [1.165, 1.54) is 6.07 Å². The molecule has 8 heteroatoms. The van der Waals surface area contributed by atoms with E-state index >= 15 is 0 Å². The van der Waals surface area contributed by atoms with Crippen molar-refractivity contribution < 1.29 is 21.6 Å². The first-order valence-electron chi connectivity index (χ1n) is 5.79. The first-order valence-corrected chi connectivity index (χ1v) is 7.27. The van der Waals surface area contributed by atoms with Crippen LogP contribution in [-0.2, 0) is 16.6 Å². The zero-order valence-corrected chi connectivity index (χ0v) is 11.4. The summed E-state index contributed by atoms with van der Waals surface area (Å²) in [5, 5.41) is 0. The standard InChI is InChI=1S/C13H11F3N2O2S/c14-9-4-10(15)6-11(5-9)18-21(19,20)13-3-8(7-17)1-2-12(13)16/h1-6,18H,7,17H2. The number of nitrogens with one attached hydrogen (secondary N) is 1. The van der Waals surface area contributed by atoms with Crippen LogP contribution in [0.1, 0.15) is 5.56 Å². The van der Waals surface area contributed by atoms with Crippen molar-refractivity contribution in [3.05, 3.63) is 59.4 Å². The molecule has 0 amide bonds. The number of rotatable bonds is 4. The third kappa shape index (κ3) is 3.53. The van der Waals surface area contributed by atoms with Gasteiger partial charge in [0.05, 0.1) is 5.69 Å². The molecule has 0 aliphatic heterocycles. The number of anilines is 1. The molecule has 0 radical (unpaired) electrons. The van der Waals surface area contributed by atoms with Crippen molar-refractivity contribution >= 4 is 15.7 Å². The second-order valence-corrected chi connectivity index (χ2v) is 5.88. The summed E-state index contributed by atoms with van der Waals surface area (Å²) in [4.78, 5) is -0.643. The van der Waals surface area contributed by atoms with Crippen molar-refractivity contribution in [2.45, 2.75) is 11.4 Å². The van der Waals surface area contributed by atoms with Crippen LogP contribution in [0.4, 0.5) is 18.9 Å². The van der Waals surface area contributed by atoms with Crippen molar-refractivity contribution in [1.82, 2.24) is 0 Å². The average Bonchev–Trinajstić information content (AvgIpc) is 2.37. The molecule has 2 aromatic rings. The predicted molar refractivity (Wildman–Crippen MR) is 71.5 cm³/mol. The molecule has 0 aliphatic rings. The summed E-state index contributed by atoms with van der Waals surface area (Å²) in [6.07, 6.45) is 0. The molecule has 2 rings (SSSR count). The SMILES string of the molecule is NCc1ccc(F)c(S(=O)(=O)Nc2cc(F)cc(F)c2)c1. The topological polar surface area (TPSA) is 72.2 Å². The van der Waals surface area contributed by atoms with Gasteiger partial charge in [0.15, 0.2) is 0 Å². The van der Waals surface area contributed by atoms with Crippen LogP contribution in [0, 0.1) is 17.5 Å². The molecule has 0 saturated heterocycles. The third-order valence-electron chi connectivity index (χ3n) is 2.64. The van der Waals surface area contributed by atoms with Gasteiger partial charge in [0.1, 0.15) is 22.3 Å². The quantitative estimate of drug-likeness (QED) is 0.909. The zero-order chi connectivity index (χ0) is 15.6. The number of benzene rings is 2. The highest BCUT2D eigenvalue weighted by Gasteiger charge is 2.20. The Hall–Kier alpha value is -2.06. The lowest BCUT2D eigenvalue weighted by molar-refractivity contribution is 0.569. The van der Waals surface area contributed by atoms with Gasteiger partial charge < -0.3 is 5.73 Å². The lowest BCUT2D eigenvalue weighted by atomic mass is 10.2. The van der Waals surface area contributed by atoms with E-state index in [2.05, 4.69) is 0 Å². The number of sulfonamides is 1. The summed E-state index contributed by atoms with van der Waals surface area (Å²) in [5.41, 5.74) is 5.43. The number of hydrogen-bond acceptors (Lipinski definition) is 3. The predicted octanol–water partition coefficient (Wildman–Crippen LogP) is 2.36. The van der Waals surface area contributed by atoms with Gasteiger partial charge in [-0.2, -0.15) is 0 Å². The Morgan fingerprint density at radius 1 is 1.00 bits per heavy atom. The van der Waals surface area contributed by atoms with Gasteiger partial charge in [-0.05, 0) is 29.8 Å². The molecule has 4 nitrogen and oxygen atoms in total. The van der Waals surface area contributed by atoms with E-state index in [1.54, 1.807) is 0 Å². The smallest absolute Gasteiger partial charge is 0.264 e. The summed E-state index contributed by atoms with van der Waals surface area (Å²) in [6.45, 7) is 0.0252. The van der Waals surface area contributed by atoms with E-state index in [9.17, 15) is 21.6 Å². The maximum atomic E-state index is 13.7. The molecule has 3 N–H and O–H groups in total. The second-order valence-electron chi connectivity index (χ2n) is 4.23. The fourth-order valence-corrected chi connectivity index (χ4v) is 2.87. The van der Waals surface area contributed by atoms with E-state index in [0.717, 1.165) is 24.3 Å². The van der Waals surface area contributed by atoms with Gasteiger partial charge in [0.2, 0.25) is 0 Å². The summed E-state index contributed by atoms with van der Waals surface area (Å²) in [6, 6.07) is 5.52. The maximum absolute atomic E-state index is 13.7. The van der Waals surface area contributed by atoms with Gasteiger partial charge in [-0.1, -0.05) is 6.07 Å². The maximum Gasteiger partial charge on any atom is 0.264 e. The lowest BCUT2D eigenvalue weighted by Gasteiger charge is -2.10. The Kier molecular flexibility index (Phi) is 4.19. The van der Waals surface area contributed by atoms with Crippen molar-refractivity contribution in [3.8, 4) is 0 Å². The summed E-state index contributed by atoms with van der Waals surface area (Å²) in [7, 11) is -4.32. The van der Waals surface area contributed by atoms with Gasteiger partial charge in [-0.15, -0.1) is 0 Å². The molecule has 0 atom stereocenters. The number of hydrogen-bond donors (Lipinski definition) is 2. The highest BCUT2D eigenvalue weighted by molar-refractivity contribution is 7.92. The van der Waals surface area contributed by atoms with Crippen LogP contribution in [0.15, 0.2) is 41.3 Å². The Balaban J connectivity index is 2.42. The largest absolute Gasteiger partial charge is 0.326 e. The van der Waals surface area contributed by atoms with Crippen molar-refractivity contribution in [1.29, 1.82) is 0 Å². The van der Waals surface area contributed by atoms with Gasteiger partial charge in [0.25, 0.3) is 10.0 Å². The minimum absolute atomic E-state index is 0.0252. The Bertz CT molecular complexity index is 759. The fourth-order valence-electron chi connectivity index (χ4n) is 1.70. The summed E-state index contributed by atoms with van der Waals surface area (Å²) >= 11 is 0. The van der Waals surface area contributed by atoms with Crippen molar-refractivity contribution in [2.75, 3.05) is 4.72 Å². The van der Waals surface area contributed by atoms with Gasteiger partial charge in [0, 0.05) is 12.6 Å². The van der Waals surface area contributed by atoms with Crippen LogP contribution < -0.4 is 10.5 Å². The fraction of sp³-hybridized carbons (Fsp3) is 0.0769. The summed E-state index contributed by atoms with van der Waals surface area (Å²) < 4.78 is 65.8. The number of nitrogens with two attached hydrogens (primary N) is 1. The Morgan fingerprint density at radius 3 is 2.19 bits per heavy atom. The molecule has 0 heterocycles. The molecular formula is C13H11F3N2O2S. The van der Waals surface area contributed by atoms with Crippen molar-refractivity contribution in [2.24, 2.45) is 5.73 Å². The van der Waals surface area contributed by atoms with Crippen LogP contribution in [0.3, 0.4) is 0 Å². The molecule has 0 fully saturated rings. The van der Waals surface area contributed by atoms with E-state index in [-0.39, 0.29) is 12.2 Å². The molecule has 112 valence electrons. The minimum atomic E-state index is -4.32. The highest BCUT2D eigenvalue weighted by Crippen LogP contribution is 2.21. The molecule has 0 aromatic heterocycles. The molecule has 0 saturated carbocycles. The van der Waals surface area contributed by atoms with E-state index in [1.807, 2.05) is 4.72 Å². The summed E-state index contributed by atoms with van der Waals surface area (Å²) in [5.74, 6) is -2.90. The lowest BCUT2D eigenvalue weighted by Crippen LogP contribution is -2.15. The molecular weight excluding hydrogens is 305 g/mol. The molecule has 2 aromatic carbocycles. The van der Waals surface area contributed by atoms with Crippen LogP contribution in [0.25, 0.3) is 0 Å². The second kappa shape index (κ2) is 5.74. The van der Waals surface area contributed by atoms with Gasteiger partial charge >= 0.3 is 0 Å². The normalized spacial score (nSPS) is 11.4. The Morgan fingerprint density at radius 2 is 1.62 bits per heavy atom. The first kappa shape index (κ1) is 15.3. The highest BCUT2D eigenvalue weighted by atomic mass is 32.2. The first-order chi connectivity index (χ1) is 9.81. The molecule has 0 bridgehead atoms. The zero-order valence-electron chi connectivity index (χ0n) is 10.6. The minimum Gasteiger partial charge on any atom is -0.326 e.